The number of amides is 1. The number of benzene rings is 1. The van der Waals surface area contributed by atoms with Gasteiger partial charge in [-0.05, 0) is 86.6 Å². The third-order valence-corrected chi connectivity index (χ3v) is 6.29. The lowest BCUT2D eigenvalue weighted by Gasteiger charge is -2.20. The van der Waals surface area contributed by atoms with E-state index in [9.17, 15) is 4.79 Å². The van der Waals surface area contributed by atoms with Crippen LogP contribution in [-0.4, -0.2) is 38.1 Å². The normalized spacial score (nSPS) is 16.8. The molecule has 0 radical (unpaired) electrons. The van der Waals surface area contributed by atoms with E-state index >= 15 is 0 Å². The first-order chi connectivity index (χ1) is 16.0. The molecule has 2 aliphatic rings. The number of amidine groups is 2. The zero-order chi connectivity index (χ0) is 23.1. The van der Waals surface area contributed by atoms with Crippen molar-refractivity contribution in [2.45, 2.75) is 20.8 Å². The number of carbonyl (C=O) groups excluding carboxylic acids is 1. The van der Waals surface area contributed by atoms with Crippen molar-refractivity contribution in [2.24, 2.45) is 10.1 Å². The van der Waals surface area contributed by atoms with Gasteiger partial charge < -0.3 is 13.7 Å². The molecule has 0 bridgehead atoms. The monoisotopic (exact) mass is 459 g/mol. The summed E-state index contributed by atoms with van der Waals surface area (Å²) in [4.78, 5) is 16.9. The maximum absolute atomic E-state index is 12.8. The average molecular weight is 460 g/mol. The van der Waals surface area contributed by atoms with E-state index in [1.165, 1.54) is 16.8 Å². The van der Waals surface area contributed by atoms with Crippen LogP contribution in [0.4, 0.5) is 0 Å². The van der Waals surface area contributed by atoms with E-state index in [0.29, 0.717) is 22.6 Å². The number of aryl methyl sites for hydroxylation is 1. The fraction of sp³-hybridized carbons (Fsp3) is 0.167. The van der Waals surface area contributed by atoms with Gasteiger partial charge in [0.1, 0.15) is 5.75 Å². The smallest absolute Gasteiger partial charge is 0.283 e. The van der Waals surface area contributed by atoms with Crippen molar-refractivity contribution in [3.05, 3.63) is 77.0 Å². The minimum absolute atomic E-state index is 0.00933. The number of carbonyl (C=O) groups is 1. The lowest BCUT2D eigenvalue weighted by molar-refractivity contribution is -0.114. The van der Waals surface area contributed by atoms with Crippen molar-refractivity contribution in [1.29, 1.82) is 5.41 Å². The van der Waals surface area contributed by atoms with Gasteiger partial charge in [-0.2, -0.15) is 15.1 Å². The summed E-state index contributed by atoms with van der Waals surface area (Å²) in [7, 11) is 0. The van der Waals surface area contributed by atoms with E-state index in [4.69, 9.17) is 14.6 Å². The third-order valence-electron chi connectivity index (χ3n) is 5.36. The molecule has 3 aromatic rings. The predicted octanol–water partition coefficient (Wildman–Crippen LogP) is 4.75. The topological polar surface area (TPSA) is 96.2 Å². The van der Waals surface area contributed by atoms with Crippen LogP contribution in [0.3, 0.4) is 0 Å². The number of hydrogen-bond acceptors (Lipinski definition) is 6. The van der Waals surface area contributed by atoms with E-state index < -0.39 is 5.91 Å². The Bertz CT molecular complexity index is 1350. The summed E-state index contributed by atoms with van der Waals surface area (Å²) in [5.74, 6) is 0.922. The van der Waals surface area contributed by atoms with Gasteiger partial charge in [0.05, 0.1) is 18.4 Å². The van der Waals surface area contributed by atoms with Gasteiger partial charge in [-0.1, -0.05) is 0 Å². The molecule has 0 saturated heterocycles. The van der Waals surface area contributed by atoms with Gasteiger partial charge in [-0.15, -0.1) is 0 Å². The fourth-order valence-corrected chi connectivity index (χ4v) is 4.70. The number of furan rings is 1. The van der Waals surface area contributed by atoms with Gasteiger partial charge in [-0.3, -0.25) is 10.2 Å². The Kier molecular flexibility index (Phi) is 5.26. The second-order valence-electron chi connectivity index (χ2n) is 7.49. The lowest BCUT2D eigenvalue weighted by atomic mass is 10.1. The minimum Gasteiger partial charge on any atom is -0.494 e. The number of hydrogen-bond donors (Lipinski definition) is 1. The molecule has 0 spiro atoms. The molecule has 0 fully saturated rings. The summed E-state index contributed by atoms with van der Waals surface area (Å²) in [6.07, 6.45) is 3.27. The summed E-state index contributed by atoms with van der Waals surface area (Å²) < 4.78 is 13.0. The molecule has 0 aliphatic carbocycles. The lowest BCUT2D eigenvalue weighted by Crippen LogP contribution is -2.35. The molecule has 166 valence electrons. The van der Waals surface area contributed by atoms with E-state index in [0.717, 1.165) is 28.4 Å². The van der Waals surface area contributed by atoms with Crippen LogP contribution < -0.4 is 4.74 Å². The highest BCUT2D eigenvalue weighted by Gasteiger charge is 2.36. The summed E-state index contributed by atoms with van der Waals surface area (Å²) in [6.45, 7) is 6.56. The molecule has 5 rings (SSSR count). The average Bonchev–Trinajstić information content (AvgIpc) is 3.52. The summed E-state index contributed by atoms with van der Waals surface area (Å²) in [5, 5.41) is 15.3. The highest BCUT2D eigenvalue weighted by molar-refractivity contribution is 8.27. The second kappa shape index (κ2) is 8.25. The van der Waals surface area contributed by atoms with Crippen LogP contribution in [0.2, 0.25) is 0 Å². The van der Waals surface area contributed by atoms with Crippen LogP contribution in [0, 0.1) is 19.3 Å². The Morgan fingerprint density at radius 3 is 2.70 bits per heavy atom. The highest BCUT2D eigenvalue weighted by atomic mass is 32.2. The van der Waals surface area contributed by atoms with Crippen molar-refractivity contribution in [3.63, 3.8) is 0 Å². The first kappa shape index (κ1) is 21.0. The molecule has 4 heterocycles. The molecule has 2 aliphatic heterocycles. The number of nitrogens with one attached hydrogen (secondary N) is 1. The summed E-state index contributed by atoms with van der Waals surface area (Å²) in [6, 6.07) is 13.4. The van der Waals surface area contributed by atoms with E-state index in [1.807, 2.05) is 51.1 Å². The zero-order valence-electron chi connectivity index (χ0n) is 18.3. The first-order valence-electron chi connectivity index (χ1n) is 10.4. The van der Waals surface area contributed by atoms with Crippen molar-refractivity contribution < 1.29 is 13.9 Å². The van der Waals surface area contributed by atoms with Crippen LogP contribution >= 0.6 is 11.8 Å². The molecular weight excluding hydrogens is 438 g/mol. The molecule has 1 aromatic carbocycles. The van der Waals surface area contributed by atoms with E-state index in [1.54, 1.807) is 24.5 Å². The Balaban J connectivity index is 1.48. The Morgan fingerprint density at radius 2 is 2.00 bits per heavy atom. The standard InChI is InChI=1S/C24H21N5O3S/c1-4-31-18-9-7-17(8-10-18)28-14(2)12-16(15(28)3)13-19-21(25)29-24(26-22(19)30)33-23(27-29)20-6-5-11-32-20/h5-13,25H,4H2,1-3H3/b19-13-,25-21?. The van der Waals surface area contributed by atoms with Crippen molar-refractivity contribution in [1.82, 2.24) is 9.58 Å². The van der Waals surface area contributed by atoms with Crippen molar-refractivity contribution >= 4 is 39.8 Å². The molecule has 33 heavy (non-hydrogen) atoms. The van der Waals surface area contributed by atoms with Crippen LogP contribution in [0.15, 0.2) is 68.8 Å². The maximum atomic E-state index is 12.8. The molecule has 0 atom stereocenters. The number of thioether (sulfide) groups is 1. The zero-order valence-corrected chi connectivity index (χ0v) is 19.1. The number of aliphatic imine (C=N–C) groups is 1. The Labute approximate surface area is 194 Å². The molecule has 0 saturated carbocycles. The van der Waals surface area contributed by atoms with Crippen LogP contribution in [0.25, 0.3) is 11.8 Å². The number of hydrazone groups is 1. The fourth-order valence-electron chi connectivity index (χ4n) is 3.84. The maximum Gasteiger partial charge on any atom is 0.283 e. The molecule has 2 aromatic heterocycles. The molecule has 0 unspecified atom stereocenters. The predicted molar refractivity (Wildman–Crippen MR) is 129 cm³/mol. The number of ether oxygens (including phenoxy) is 1. The molecule has 1 N–H and O–H groups in total. The van der Waals surface area contributed by atoms with Crippen molar-refractivity contribution in [3.8, 4) is 11.4 Å². The number of fused-ring (bicyclic) bond motifs is 1. The van der Waals surface area contributed by atoms with Gasteiger partial charge in [0, 0.05) is 17.1 Å². The number of nitrogens with zero attached hydrogens (tertiary/aromatic N) is 4. The molecular formula is C24H21N5O3S. The quantitative estimate of drug-likeness (QED) is 0.555. The largest absolute Gasteiger partial charge is 0.494 e. The Morgan fingerprint density at radius 1 is 1.21 bits per heavy atom. The molecule has 9 heteroatoms. The molecule has 8 nitrogen and oxygen atoms in total. The van der Waals surface area contributed by atoms with Gasteiger partial charge in [0.25, 0.3) is 5.91 Å². The van der Waals surface area contributed by atoms with E-state index in [-0.39, 0.29) is 11.4 Å². The van der Waals surface area contributed by atoms with Crippen LogP contribution in [0.1, 0.15) is 29.6 Å². The van der Waals surface area contributed by atoms with Gasteiger partial charge in [0.2, 0.25) is 5.17 Å². The first-order valence-corrected chi connectivity index (χ1v) is 11.2. The van der Waals surface area contributed by atoms with Crippen LogP contribution in [-0.2, 0) is 4.79 Å². The summed E-state index contributed by atoms with van der Waals surface area (Å²) >= 11 is 1.21. The second-order valence-corrected chi connectivity index (χ2v) is 8.45. The Hall–Kier alpha value is -3.85. The van der Waals surface area contributed by atoms with Gasteiger partial charge >= 0.3 is 0 Å². The third kappa shape index (κ3) is 3.70. The van der Waals surface area contributed by atoms with E-state index in [2.05, 4.69) is 14.7 Å². The highest BCUT2D eigenvalue weighted by Crippen LogP contribution is 2.32. The van der Waals surface area contributed by atoms with Gasteiger partial charge in [-0.25, -0.2) is 0 Å². The summed E-state index contributed by atoms with van der Waals surface area (Å²) in [5.41, 5.74) is 3.99. The number of aromatic nitrogens is 1. The van der Waals surface area contributed by atoms with Crippen molar-refractivity contribution in [2.75, 3.05) is 6.61 Å². The minimum atomic E-state index is -0.458. The van der Waals surface area contributed by atoms with Crippen LogP contribution in [0.5, 0.6) is 5.75 Å². The van der Waals surface area contributed by atoms with Gasteiger partial charge in [0.15, 0.2) is 16.6 Å². The molecule has 1 amide bonds. The number of rotatable bonds is 5. The SMILES string of the molecule is CCOc1ccc(-n2c(C)cc(/C=C3/C(=N)N4N=C(c5ccco5)SC4=NC3=O)c2C)cc1.